The topological polar surface area (TPSA) is 59.0 Å². The lowest BCUT2D eigenvalue weighted by atomic mass is 9.91. The highest BCUT2D eigenvalue weighted by molar-refractivity contribution is 5.79. The van der Waals surface area contributed by atoms with Gasteiger partial charge in [0, 0.05) is 49.4 Å². The largest absolute Gasteiger partial charge is 0.342 e. The molecule has 0 saturated carbocycles. The fraction of sp³-hybridized carbons (Fsp3) is 0.273. The van der Waals surface area contributed by atoms with Gasteiger partial charge in [-0.05, 0) is 36.6 Å². The zero-order chi connectivity index (χ0) is 19.3. The number of likely N-dealkylation sites (tertiary alicyclic amines) is 1. The highest BCUT2D eigenvalue weighted by Crippen LogP contribution is 2.32. The van der Waals surface area contributed by atoms with Gasteiger partial charge < -0.3 is 4.90 Å². The molecular weight excluding hydrogens is 355 g/mol. The fourth-order valence-corrected chi connectivity index (χ4v) is 3.72. The number of aromatic nitrogens is 3. The minimum atomic E-state index is -0.315. The van der Waals surface area contributed by atoms with E-state index >= 15 is 0 Å². The second-order valence-corrected chi connectivity index (χ2v) is 6.99. The molecule has 1 amide bonds. The Kier molecular flexibility index (Phi) is 5.37. The van der Waals surface area contributed by atoms with Gasteiger partial charge in [0.05, 0.1) is 17.8 Å². The van der Waals surface area contributed by atoms with Crippen molar-refractivity contribution < 1.29 is 9.18 Å². The van der Waals surface area contributed by atoms with Crippen LogP contribution in [-0.4, -0.2) is 38.8 Å². The van der Waals surface area contributed by atoms with Gasteiger partial charge >= 0.3 is 0 Å². The molecule has 0 spiro atoms. The van der Waals surface area contributed by atoms with E-state index in [1.165, 1.54) is 6.07 Å². The first kappa shape index (κ1) is 18.2. The molecule has 1 aromatic carbocycles. The van der Waals surface area contributed by atoms with Crippen LogP contribution in [0.2, 0.25) is 0 Å². The van der Waals surface area contributed by atoms with Crippen LogP contribution >= 0.6 is 0 Å². The molecule has 0 bridgehead atoms. The van der Waals surface area contributed by atoms with E-state index in [-0.39, 0.29) is 17.6 Å². The Labute approximate surface area is 163 Å². The van der Waals surface area contributed by atoms with Crippen molar-refractivity contribution >= 4 is 5.91 Å². The number of benzene rings is 1. The van der Waals surface area contributed by atoms with Gasteiger partial charge in [-0.15, -0.1) is 0 Å². The van der Waals surface area contributed by atoms with Crippen LogP contribution in [0.3, 0.4) is 0 Å². The smallest absolute Gasteiger partial charge is 0.227 e. The van der Waals surface area contributed by atoms with Crippen molar-refractivity contribution in [2.45, 2.75) is 25.2 Å². The van der Waals surface area contributed by atoms with Crippen LogP contribution in [0, 0.1) is 5.82 Å². The minimum absolute atomic E-state index is 0.0369. The molecule has 0 unspecified atom stereocenters. The van der Waals surface area contributed by atoms with Crippen molar-refractivity contribution in [3.63, 3.8) is 0 Å². The van der Waals surface area contributed by atoms with E-state index in [9.17, 15) is 9.18 Å². The maximum atomic E-state index is 14.3. The first-order valence-electron chi connectivity index (χ1n) is 9.45. The summed E-state index contributed by atoms with van der Waals surface area (Å²) in [5.41, 5.74) is 2.67. The van der Waals surface area contributed by atoms with E-state index in [0.717, 1.165) is 30.6 Å². The molecule has 4 rings (SSSR count). The van der Waals surface area contributed by atoms with Crippen LogP contribution < -0.4 is 0 Å². The Morgan fingerprint density at radius 1 is 1.11 bits per heavy atom. The maximum Gasteiger partial charge on any atom is 0.227 e. The standard InChI is InChI=1S/C22H21FN4O/c23-19-8-2-1-7-18(19)22-21(25-10-11-26-22)17-6-4-12-27(15-17)20(28)13-16-5-3-9-24-14-16/h1-3,5,7-11,14,17H,4,6,12-13,15H2/t17-/m1/s1. The monoisotopic (exact) mass is 376 g/mol. The molecule has 0 N–H and O–H groups in total. The number of hydrogen-bond donors (Lipinski definition) is 0. The number of piperidine rings is 1. The van der Waals surface area contributed by atoms with Gasteiger partial charge in [0.15, 0.2) is 0 Å². The van der Waals surface area contributed by atoms with Gasteiger partial charge in [-0.2, -0.15) is 0 Å². The van der Waals surface area contributed by atoms with E-state index < -0.39 is 0 Å². The number of amides is 1. The second kappa shape index (κ2) is 8.25. The summed E-state index contributed by atoms with van der Waals surface area (Å²) in [6.45, 7) is 1.30. The molecule has 6 heteroatoms. The van der Waals surface area contributed by atoms with E-state index in [0.29, 0.717) is 24.2 Å². The first-order chi connectivity index (χ1) is 13.7. The quantitative estimate of drug-likeness (QED) is 0.698. The third-order valence-electron chi connectivity index (χ3n) is 5.09. The fourth-order valence-electron chi connectivity index (χ4n) is 3.72. The number of rotatable bonds is 4. The lowest BCUT2D eigenvalue weighted by molar-refractivity contribution is -0.131. The summed E-state index contributed by atoms with van der Waals surface area (Å²) < 4.78 is 14.3. The predicted molar refractivity (Wildman–Crippen MR) is 104 cm³/mol. The van der Waals surface area contributed by atoms with Gasteiger partial charge in [-0.1, -0.05) is 18.2 Å². The van der Waals surface area contributed by atoms with E-state index in [2.05, 4.69) is 15.0 Å². The van der Waals surface area contributed by atoms with Crippen molar-refractivity contribution in [1.29, 1.82) is 0 Å². The van der Waals surface area contributed by atoms with Gasteiger partial charge in [0.1, 0.15) is 5.82 Å². The molecule has 3 heterocycles. The van der Waals surface area contributed by atoms with E-state index in [4.69, 9.17) is 0 Å². The van der Waals surface area contributed by atoms with Gasteiger partial charge in [-0.25, -0.2) is 4.39 Å². The summed E-state index contributed by atoms with van der Waals surface area (Å²) in [4.78, 5) is 27.6. The lowest BCUT2D eigenvalue weighted by Crippen LogP contribution is -2.40. The normalized spacial score (nSPS) is 16.8. The SMILES string of the molecule is O=C(Cc1cccnc1)N1CCC[C@@H](c2nccnc2-c2ccccc2F)C1. The van der Waals surface area contributed by atoms with E-state index in [1.807, 2.05) is 17.0 Å². The predicted octanol–water partition coefficient (Wildman–Crippen LogP) is 3.63. The molecule has 0 radical (unpaired) electrons. The number of hydrogen-bond acceptors (Lipinski definition) is 4. The number of pyridine rings is 1. The van der Waals surface area contributed by atoms with Crippen LogP contribution in [0.4, 0.5) is 4.39 Å². The number of carbonyl (C=O) groups excluding carboxylic acids is 1. The molecule has 3 aromatic rings. The Bertz CT molecular complexity index is 964. The Hall–Kier alpha value is -3.15. The van der Waals surface area contributed by atoms with Gasteiger partial charge in [0.2, 0.25) is 5.91 Å². The van der Waals surface area contributed by atoms with Gasteiger partial charge in [0.25, 0.3) is 0 Å². The molecule has 2 aromatic heterocycles. The van der Waals surface area contributed by atoms with Crippen LogP contribution in [-0.2, 0) is 11.2 Å². The zero-order valence-corrected chi connectivity index (χ0v) is 15.5. The molecule has 1 fully saturated rings. The molecule has 1 saturated heterocycles. The Morgan fingerprint density at radius 3 is 2.79 bits per heavy atom. The minimum Gasteiger partial charge on any atom is -0.342 e. The Balaban J connectivity index is 1.56. The molecule has 1 aliphatic heterocycles. The van der Waals surface area contributed by atoms with Crippen LogP contribution in [0.5, 0.6) is 0 Å². The van der Waals surface area contributed by atoms with Crippen molar-refractivity contribution in [2.24, 2.45) is 0 Å². The molecule has 5 nitrogen and oxygen atoms in total. The molecule has 1 atom stereocenters. The van der Waals surface area contributed by atoms with Crippen LogP contribution in [0.15, 0.2) is 61.2 Å². The average molecular weight is 376 g/mol. The molecule has 142 valence electrons. The van der Waals surface area contributed by atoms with Crippen LogP contribution in [0.1, 0.15) is 30.0 Å². The van der Waals surface area contributed by atoms with Crippen LogP contribution in [0.25, 0.3) is 11.3 Å². The molecule has 0 aliphatic carbocycles. The molecule has 28 heavy (non-hydrogen) atoms. The van der Waals surface area contributed by atoms with Crippen molar-refractivity contribution in [1.82, 2.24) is 19.9 Å². The zero-order valence-electron chi connectivity index (χ0n) is 15.5. The second-order valence-electron chi connectivity index (χ2n) is 6.99. The summed E-state index contributed by atoms with van der Waals surface area (Å²) in [5, 5.41) is 0. The summed E-state index contributed by atoms with van der Waals surface area (Å²) in [7, 11) is 0. The summed E-state index contributed by atoms with van der Waals surface area (Å²) in [5.74, 6) is -0.200. The molecule has 1 aliphatic rings. The molecular formula is C22H21FN4O. The number of carbonyl (C=O) groups is 1. The summed E-state index contributed by atoms with van der Waals surface area (Å²) in [6, 6.07) is 10.3. The lowest BCUT2D eigenvalue weighted by Gasteiger charge is -2.33. The third kappa shape index (κ3) is 3.91. The van der Waals surface area contributed by atoms with Crippen molar-refractivity contribution in [3.8, 4) is 11.3 Å². The number of halogens is 1. The van der Waals surface area contributed by atoms with Gasteiger partial charge in [-0.3, -0.25) is 19.7 Å². The van der Waals surface area contributed by atoms with Crippen molar-refractivity contribution in [3.05, 3.63) is 78.3 Å². The number of nitrogens with zero attached hydrogens (tertiary/aromatic N) is 4. The highest BCUT2D eigenvalue weighted by atomic mass is 19.1. The average Bonchev–Trinajstić information content (AvgIpc) is 2.75. The maximum absolute atomic E-state index is 14.3. The first-order valence-corrected chi connectivity index (χ1v) is 9.45. The summed E-state index contributed by atoms with van der Waals surface area (Å²) >= 11 is 0. The van der Waals surface area contributed by atoms with Crippen molar-refractivity contribution in [2.75, 3.05) is 13.1 Å². The highest BCUT2D eigenvalue weighted by Gasteiger charge is 2.28. The van der Waals surface area contributed by atoms with E-state index in [1.54, 1.807) is 43.0 Å². The third-order valence-corrected chi connectivity index (χ3v) is 5.09. The summed E-state index contributed by atoms with van der Waals surface area (Å²) in [6.07, 6.45) is 8.76. The Morgan fingerprint density at radius 2 is 1.96 bits per heavy atom.